The van der Waals surface area contributed by atoms with E-state index >= 15 is 0 Å². The average molecular weight is 179 g/mol. The number of rotatable bonds is 1. The van der Waals surface area contributed by atoms with Gasteiger partial charge in [-0.3, -0.25) is 0 Å². The zero-order valence-electron chi connectivity index (χ0n) is 7.59. The van der Waals surface area contributed by atoms with Crippen molar-refractivity contribution in [3.63, 3.8) is 0 Å². The van der Waals surface area contributed by atoms with E-state index in [0.717, 1.165) is 31.5 Å². The van der Waals surface area contributed by atoms with E-state index in [2.05, 4.69) is 5.32 Å². The third-order valence-electron chi connectivity index (χ3n) is 2.64. The zero-order valence-corrected chi connectivity index (χ0v) is 7.59. The lowest BCUT2D eigenvalue weighted by Gasteiger charge is -2.23. The molecule has 1 heterocycles. The van der Waals surface area contributed by atoms with Gasteiger partial charge < -0.3 is 5.32 Å². The van der Waals surface area contributed by atoms with Gasteiger partial charge in [0.15, 0.2) is 0 Å². The van der Waals surface area contributed by atoms with Crippen LogP contribution in [0.5, 0.6) is 0 Å². The standard InChI is InChI=1S/C11H14FN/c12-11-6-2-1-5-10(11)9-4-3-7-13-8-9/h1-2,5-6,9,13H,3-4,7-8H2/t9-/m1/s1. The largest absolute Gasteiger partial charge is 0.316 e. The van der Waals surface area contributed by atoms with Gasteiger partial charge in [0.25, 0.3) is 0 Å². The Morgan fingerprint density at radius 1 is 1.31 bits per heavy atom. The van der Waals surface area contributed by atoms with E-state index in [1.54, 1.807) is 12.1 Å². The summed E-state index contributed by atoms with van der Waals surface area (Å²) < 4.78 is 13.3. The molecule has 1 fully saturated rings. The lowest BCUT2D eigenvalue weighted by Crippen LogP contribution is -2.28. The van der Waals surface area contributed by atoms with Crippen molar-refractivity contribution in [2.75, 3.05) is 13.1 Å². The highest BCUT2D eigenvalue weighted by Crippen LogP contribution is 2.24. The molecule has 2 rings (SSSR count). The molecule has 1 N–H and O–H groups in total. The van der Waals surface area contributed by atoms with E-state index in [1.807, 2.05) is 12.1 Å². The summed E-state index contributed by atoms with van der Waals surface area (Å²) in [5, 5.41) is 3.29. The van der Waals surface area contributed by atoms with Crippen LogP contribution in [-0.4, -0.2) is 13.1 Å². The Morgan fingerprint density at radius 3 is 2.85 bits per heavy atom. The second-order valence-electron chi connectivity index (χ2n) is 3.56. The summed E-state index contributed by atoms with van der Waals surface area (Å²) in [4.78, 5) is 0. The minimum atomic E-state index is -0.0591. The maximum Gasteiger partial charge on any atom is 0.126 e. The average Bonchev–Trinajstić information content (AvgIpc) is 2.20. The molecule has 0 spiro atoms. The van der Waals surface area contributed by atoms with Crippen molar-refractivity contribution in [3.8, 4) is 0 Å². The van der Waals surface area contributed by atoms with Crippen LogP contribution < -0.4 is 5.32 Å². The molecule has 1 saturated heterocycles. The van der Waals surface area contributed by atoms with Gasteiger partial charge in [-0.15, -0.1) is 0 Å². The lowest BCUT2D eigenvalue weighted by atomic mass is 9.91. The molecule has 1 aliphatic rings. The van der Waals surface area contributed by atoms with Gasteiger partial charge in [-0.1, -0.05) is 18.2 Å². The molecule has 1 nitrogen and oxygen atoms in total. The van der Waals surface area contributed by atoms with E-state index in [0.29, 0.717) is 5.92 Å². The molecular weight excluding hydrogens is 165 g/mol. The minimum absolute atomic E-state index is 0.0591. The number of nitrogens with one attached hydrogen (secondary N) is 1. The van der Waals surface area contributed by atoms with Gasteiger partial charge in [-0.2, -0.15) is 0 Å². The third kappa shape index (κ3) is 1.89. The molecule has 0 aliphatic carbocycles. The molecule has 0 unspecified atom stereocenters. The summed E-state index contributed by atoms with van der Waals surface area (Å²) >= 11 is 0. The Bertz CT molecular complexity index is 279. The van der Waals surface area contributed by atoms with Crippen molar-refractivity contribution < 1.29 is 4.39 Å². The molecule has 0 amide bonds. The number of halogens is 1. The molecule has 1 aliphatic heterocycles. The Labute approximate surface area is 78.0 Å². The Hall–Kier alpha value is -0.890. The molecule has 0 saturated carbocycles. The second kappa shape index (κ2) is 3.88. The molecule has 1 aromatic carbocycles. The first kappa shape index (κ1) is 8.70. The van der Waals surface area contributed by atoms with Gasteiger partial charge in [-0.25, -0.2) is 4.39 Å². The maximum atomic E-state index is 13.3. The first-order valence-electron chi connectivity index (χ1n) is 4.83. The van der Waals surface area contributed by atoms with Crippen molar-refractivity contribution in [3.05, 3.63) is 35.6 Å². The summed E-state index contributed by atoms with van der Waals surface area (Å²) in [6.45, 7) is 1.99. The van der Waals surface area contributed by atoms with Crippen LogP contribution in [0.1, 0.15) is 24.3 Å². The van der Waals surface area contributed by atoms with Crippen molar-refractivity contribution in [2.24, 2.45) is 0 Å². The monoisotopic (exact) mass is 179 g/mol. The Morgan fingerprint density at radius 2 is 2.15 bits per heavy atom. The number of hydrogen-bond donors (Lipinski definition) is 1. The Kier molecular flexibility index (Phi) is 2.60. The maximum absolute atomic E-state index is 13.3. The zero-order chi connectivity index (χ0) is 9.10. The van der Waals surface area contributed by atoms with Crippen LogP contribution >= 0.6 is 0 Å². The topological polar surface area (TPSA) is 12.0 Å². The van der Waals surface area contributed by atoms with Gasteiger partial charge in [0.2, 0.25) is 0 Å². The summed E-state index contributed by atoms with van der Waals surface area (Å²) in [5.41, 5.74) is 0.870. The van der Waals surface area contributed by atoms with Crippen molar-refractivity contribution in [2.45, 2.75) is 18.8 Å². The van der Waals surface area contributed by atoms with Crippen molar-refractivity contribution in [1.29, 1.82) is 0 Å². The van der Waals surface area contributed by atoms with Crippen LogP contribution in [0.25, 0.3) is 0 Å². The number of benzene rings is 1. The van der Waals surface area contributed by atoms with Crippen LogP contribution in [0.3, 0.4) is 0 Å². The fourth-order valence-electron chi connectivity index (χ4n) is 1.92. The highest BCUT2D eigenvalue weighted by atomic mass is 19.1. The normalized spacial score (nSPS) is 23.0. The fourth-order valence-corrected chi connectivity index (χ4v) is 1.92. The molecular formula is C11H14FN. The summed E-state index contributed by atoms with van der Waals surface area (Å²) in [6, 6.07) is 7.10. The molecule has 0 aromatic heterocycles. The van der Waals surface area contributed by atoms with Crippen molar-refractivity contribution in [1.82, 2.24) is 5.32 Å². The predicted molar refractivity (Wildman–Crippen MR) is 51.2 cm³/mol. The van der Waals surface area contributed by atoms with E-state index in [9.17, 15) is 4.39 Å². The number of piperidine rings is 1. The predicted octanol–water partition coefficient (Wildman–Crippen LogP) is 2.29. The van der Waals surface area contributed by atoms with Crippen LogP contribution in [0.4, 0.5) is 4.39 Å². The van der Waals surface area contributed by atoms with E-state index < -0.39 is 0 Å². The highest BCUT2D eigenvalue weighted by Gasteiger charge is 2.17. The molecule has 13 heavy (non-hydrogen) atoms. The van der Waals surface area contributed by atoms with E-state index in [-0.39, 0.29) is 5.82 Å². The molecule has 1 atom stereocenters. The molecule has 70 valence electrons. The van der Waals surface area contributed by atoms with E-state index in [1.165, 1.54) is 0 Å². The van der Waals surface area contributed by atoms with Crippen LogP contribution in [0.15, 0.2) is 24.3 Å². The molecule has 2 heteroatoms. The molecule has 1 aromatic rings. The first-order chi connectivity index (χ1) is 6.38. The highest BCUT2D eigenvalue weighted by molar-refractivity contribution is 5.22. The van der Waals surface area contributed by atoms with Gasteiger partial charge in [0.05, 0.1) is 0 Å². The quantitative estimate of drug-likeness (QED) is 0.697. The van der Waals surface area contributed by atoms with Crippen LogP contribution in [0.2, 0.25) is 0 Å². The summed E-state index contributed by atoms with van der Waals surface area (Å²) in [5.74, 6) is 0.311. The van der Waals surface area contributed by atoms with Gasteiger partial charge in [0, 0.05) is 6.54 Å². The van der Waals surface area contributed by atoms with Gasteiger partial charge in [0.1, 0.15) is 5.82 Å². The van der Waals surface area contributed by atoms with Crippen LogP contribution in [0, 0.1) is 5.82 Å². The summed E-state index contributed by atoms with van der Waals surface area (Å²) in [6.07, 6.45) is 2.26. The SMILES string of the molecule is Fc1ccccc1[C@@H]1CCCNC1. The third-order valence-corrected chi connectivity index (χ3v) is 2.64. The minimum Gasteiger partial charge on any atom is -0.316 e. The van der Waals surface area contributed by atoms with Crippen LogP contribution in [-0.2, 0) is 0 Å². The first-order valence-corrected chi connectivity index (χ1v) is 4.83. The van der Waals surface area contributed by atoms with E-state index in [4.69, 9.17) is 0 Å². The van der Waals surface area contributed by atoms with Crippen molar-refractivity contribution >= 4 is 0 Å². The number of hydrogen-bond acceptors (Lipinski definition) is 1. The van der Waals surface area contributed by atoms with Gasteiger partial charge in [-0.05, 0) is 36.9 Å². The summed E-state index contributed by atoms with van der Waals surface area (Å²) in [7, 11) is 0. The second-order valence-corrected chi connectivity index (χ2v) is 3.56. The van der Waals surface area contributed by atoms with Gasteiger partial charge >= 0.3 is 0 Å². The molecule has 0 bridgehead atoms. The Balaban J connectivity index is 2.18. The molecule has 0 radical (unpaired) electrons. The smallest absolute Gasteiger partial charge is 0.126 e. The fraction of sp³-hybridized carbons (Fsp3) is 0.455. The lowest BCUT2D eigenvalue weighted by molar-refractivity contribution is 0.446.